The molecule has 1 aliphatic rings. The van der Waals surface area contributed by atoms with Crippen molar-refractivity contribution >= 4 is 17.3 Å². The van der Waals surface area contributed by atoms with E-state index in [0.717, 1.165) is 29.4 Å². The van der Waals surface area contributed by atoms with Crippen LogP contribution in [0.5, 0.6) is 0 Å². The molecule has 2 rings (SSSR count). The van der Waals surface area contributed by atoms with Gasteiger partial charge in [-0.3, -0.25) is 4.90 Å². The van der Waals surface area contributed by atoms with Gasteiger partial charge in [0, 0.05) is 50.0 Å². The van der Waals surface area contributed by atoms with E-state index in [1.165, 1.54) is 26.2 Å². The van der Waals surface area contributed by atoms with Crippen LogP contribution in [0.4, 0.5) is 5.69 Å². The minimum atomic E-state index is 0.833. The molecule has 0 bridgehead atoms. The molecule has 0 aliphatic carbocycles. The molecule has 1 aromatic rings. The van der Waals surface area contributed by atoms with Crippen molar-refractivity contribution in [1.82, 2.24) is 9.80 Å². The van der Waals surface area contributed by atoms with Gasteiger partial charge in [0.2, 0.25) is 0 Å². The number of rotatable bonds is 4. The van der Waals surface area contributed by atoms with Crippen LogP contribution >= 0.6 is 11.6 Å². The third kappa shape index (κ3) is 3.61. The second-order valence-electron chi connectivity index (χ2n) is 4.98. The zero-order chi connectivity index (χ0) is 13.0. The lowest BCUT2D eigenvalue weighted by Gasteiger charge is -2.32. The summed E-state index contributed by atoms with van der Waals surface area (Å²) in [5, 5.41) is 4.31. The summed E-state index contributed by atoms with van der Waals surface area (Å²) < 4.78 is 0. The summed E-state index contributed by atoms with van der Waals surface area (Å²) in [5.41, 5.74) is 2.29. The van der Waals surface area contributed by atoms with Crippen LogP contribution in [0.1, 0.15) is 5.56 Å². The van der Waals surface area contributed by atoms with E-state index in [2.05, 4.69) is 35.2 Å². The summed E-state index contributed by atoms with van der Waals surface area (Å²) in [7, 11) is 2.19. The van der Waals surface area contributed by atoms with E-state index in [-0.39, 0.29) is 0 Å². The Morgan fingerprint density at radius 3 is 2.67 bits per heavy atom. The fourth-order valence-electron chi connectivity index (χ4n) is 2.22. The number of piperazine rings is 1. The Kier molecular flexibility index (Phi) is 4.87. The van der Waals surface area contributed by atoms with Crippen LogP contribution in [-0.2, 0) is 0 Å². The Morgan fingerprint density at radius 1 is 1.22 bits per heavy atom. The summed E-state index contributed by atoms with van der Waals surface area (Å²) in [6, 6.07) is 6.02. The van der Waals surface area contributed by atoms with Crippen LogP contribution in [0.25, 0.3) is 0 Å². The van der Waals surface area contributed by atoms with Gasteiger partial charge in [-0.1, -0.05) is 17.7 Å². The summed E-state index contributed by atoms with van der Waals surface area (Å²) in [5.74, 6) is 0. The van der Waals surface area contributed by atoms with Gasteiger partial charge in [0.1, 0.15) is 0 Å². The molecule has 0 spiro atoms. The largest absolute Gasteiger partial charge is 0.384 e. The van der Waals surface area contributed by atoms with Crippen LogP contribution in [0.3, 0.4) is 0 Å². The van der Waals surface area contributed by atoms with E-state index in [0.29, 0.717) is 0 Å². The molecule has 1 N–H and O–H groups in total. The fourth-order valence-corrected chi connectivity index (χ4v) is 2.39. The lowest BCUT2D eigenvalue weighted by atomic mass is 10.2. The first-order valence-electron chi connectivity index (χ1n) is 6.56. The smallest absolute Gasteiger partial charge is 0.0455 e. The summed E-state index contributed by atoms with van der Waals surface area (Å²) in [6.07, 6.45) is 0. The maximum absolute atomic E-state index is 6.10. The molecule has 1 heterocycles. The van der Waals surface area contributed by atoms with Crippen molar-refractivity contribution in [3.05, 3.63) is 28.8 Å². The van der Waals surface area contributed by atoms with Crippen LogP contribution < -0.4 is 5.32 Å². The van der Waals surface area contributed by atoms with Gasteiger partial charge in [0.05, 0.1) is 0 Å². The van der Waals surface area contributed by atoms with Crippen LogP contribution in [0, 0.1) is 6.92 Å². The van der Waals surface area contributed by atoms with Crippen molar-refractivity contribution in [2.75, 3.05) is 51.6 Å². The van der Waals surface area contributed by atoms with E-state index < -0.39 is 0 Å². The fraction of sp³-hybridized carbons (Fsp3) is 0.571. The predicted molar refractivity (Wildman–Crippen MR) is 78.6 cm³/mol. The molecule has 4 heteroatoms. The number of nitrogens with one attached hydrogen (secondary N) is 1. The average Bonchev–Trinajstić information content (AvgIpc) is 2.37. The predicted octanol–water partition coefficient (Wildman–Crippen LogP) is 2.31. The highest BCUT2D eigenvalue weighted by Gasteiger charge is 2.12. The Morgan fingerprint density at radius 2 is 1.94 bits per heavy atom. The van der Waals surface area contributed by atoms with Crippen molar-refractivity contribution in [2.45, 2.75) is 6.92 Å². The molecule has 1 fully saturated rings. The molecule has 1 aliphatic heterocycles. The highest BCUT2D eigenvalue weighted by molar-refractivity contribution is 6.31. The standard InChI is InChI=1S/C14H22ClN3/c1-12-13(15)4-3-5-14(12)16-6-7-18-10-8-17(2)9-11-18/h3-5,16H,6-11H2,1-2H3. The van der Waals surface area contributed by atoms with E-state index in [9.17, 15) is 0 Å². The first-order chi connectivity index (χ1) is 8.66. The Balaban J connectivity index is 1.77. The number of hydrogen-bond acceptors (Lipinski definition) is 3. The number of nitrogens with zero attached hydrogens (tertiary/aromatic N) is 2. The van der Waals surface area contributed by atoms with Gasteiger partial charge in [-0.05, 0) is 31.7 Å². The molecule has 0 amide bonds. The van der Waals surface area contributed by atoms with Crippen molar-refractivity contribution in [3.8, 4) is 0 Å². The molecule has 0 unspecified atom stereocenters. The second kappa shape index (κ2) is 6.41. The number of likely N-dealkylation sites (N-methyl/N-ethyl adjacent to an activating group) is 1. The van der Waals surface area contributed by atoms with E-state index in [1.807, 2.05) is 12.1 Å². The van der Waals surface area contributed by atoms with Gasteiger partial charge in [-0.15, -0.1) is 0 Å². The zero-order valence-electron chi connectivity index (χ0n) is 11.2. The maximum atomic E-state index is 6.10. The Hall–Kier alpha value is -0.770. The Labute approximate surface area is 115 Å². The van der Waals surface area contributed by atoms with E-state index in [4.69, 9.17) is 11.6 Å². The van der Waals surface area contributed by atoms with E-state index in [1.54, 1.807) is 0 Å². The molecular weight excluding hydrogens is 246 g/mol. The lowest BCUT2D eigenvalue weighted by molar-refractivity contribution is 0.158. The van der Waals surface area contributed by atoms with Crippen LogP contribution in [-0.4, -0.2) is 56.1 Å². The van der Waals surface area contributed by atoms with Crippen LogP contribution in [0.15, 0.2) is 18.2 Å². The summed E-state index contributed by atoms with van der Waals surface area (Å²) in [4.78, 5) is 4.89. The van der Waals surface area contributed by atoms with Gasteiger partial charge < -0.3 is 10.2 Å². The highest BCUT2D eigenvalue weighted by atomic mass is 35.5. The quantitative estimate of drug-likeness (QED) is 0.903. The van der Waals surface area contributed by atoms with Gasteiger partial charge in [0.15, 0.2) is 0 Å². The molecule has 0 atom stereocenters. The summed E-state index contributed by atoms with van der Waals surface area (Å²) >= 11 is 6.10. The zero-order valence-corrected chi connectivity index (χ0v) is 12.0. The van der Waals surface area contributed by atoms with Gasteiger partial charge in [-0.25, -0.2) is 0 Å². The van der Waals surface area contributed by atoms with E-state index >= 15 is 0 Å². The molecule has 100 valence electrons. The molecule has 18 heavy (non-hydrogen) atoms. The number of anilines is 1. The SMILES string of the molecule is Cc1c(Cl)cccc1NCCN1CCN(C)CC1. The molecule has 3 nitrogen and oxygen atoms in total. The van der Waals surface area contributed by atoms with Gasteiger partial charge in [-0.2, -0.15) is 0 Å². The maximum Gasteiger partial charge on any atom is 0.0455 e. The van der Waals surface area contributed by atoms with Crippen molar-refractivity contribution < 1.29 is 0 Å². The molecule has 0 saturated carbocycles. The normalized spacial score (nSPS) is 17.9. The second-order valence-corrected chi connectivity index (χ2v) is 5.39. The van der Waals surface area contributed by atoms with Gasteiger partial charge >= 0.3 is 0 Å². The van der Waals surface area contributed by atoms with Crippen molar-refractivity contribution in [1.29, 1.82) is 0 Å². The molecular formula is C14H22ClN3. The Bertz CT molecular complexity index is 387. The lowest BCUT2D eigenvalue weighted by Crippen LogP contribution is -2.45. The topological polar surface area (TPSA) is 18.5 Å². The third-order valence-corrected chi connectivity index (χ3v) is 4.02. The average molecular weight is 268 g/mol. The molecule has 0 radical (unpaired) electrons. The third-order valence-electron chi connectivity index (χ3n) is 3.61. The van der Waals surface area contributed by atoms with Crippen LogP contribution in [0.2, 0.25) is 5.02 Å². The number of halogens is 1. The minimum Gasteiger partial charge on any atom is -0.384 e. The molecule has 0 aromatic heterocycles. The minimum absolute atomic E-state index is 0.833. The summed E-state index contributed by atoms with van der Waals surface area (Å²) in [6.45, 7) is 8.83. The molecule has 1 aromatic carbocycles. The molecule has 1 saturated heterocycles. The monoisotopic (exact) mass is 267 g/mol. The highest BCUT2D eigenvalue weighted by Crippen LogP contribution is 2.22. The number of benzene rings is 1. The van der Waals surface area contributed by atoms with Crippen molar-refractivity contribution in [3.63, 3.8) is 0 Å². The number of hydrogen-bond donors (Lipinski definition) is 1. The van der Waals surface area contributed by atoms with Gasteiger partial charge in [0.25, 0.3) is 0 Å². The van der Waals surface area contributed by atoms with Crippen molar-refractivity contribution in [2.24, 2.45) is 0 Å². The first-order valence-corrected chi connectivity index (χ1v) is 6.94. The first kappa shape index (κ1) is 13.7.